The highest BCUT2D eigenvalue weighted by Crippen LogP contribution is 2.03. The van der Waals surface area contributed by atoms with Crippen LogP contribution in [0.3, 0.4) is 0 Å². The summed E-state index contributed by atoms with van der Waals surface area (Å²) in [6.45, 7) is 2.23. The van der Waals surface area contributed by atoms with Gasteiger partial charge in [-0.05, 0) is 12.0 Å². The Balaban J connectivity index is 1.82. The van der Waals surface area contributed by atoms with Gasteiger partial charge >= 0.3 is 0 Å². The van der Waals surface area contributed by atoms with E-state index in [2.05, 4.69) is 4.72 Å². The van der Waals surface area contributed by atoms with Crippen LogP contribution in [-0.2, 0) is 21.4 Å². The van der Waals surface area contributed by atoms with Gasteiger partial charge < -0.3 is 4.74 Å². The van der Waals surface area contributed by atoms with E-state index in [9.17, 15) is 8.42 Å². The van der Waals surface area contributed by atoms with Gasteiger partial charge in [0.25, 0.3) is 10.2 Å². The molecule has 0 aliphatic carbocycles. The van der Waals surface area contributed by atoms with Crippen molar-refractivity contribution in [2.45, 2.75) is 6.42 Å². The first-order chi connectivity index (χ1) is 8.68. The normalized spacial score (nSPS) is 17.8. The molecular weight excluding hydrogens is 252 g/mol. The summed E-state index contributed by atoms with van der Waals surface area (Å²) in [5.74, 6) is 0. The Morgan fingerprint density at radius 2 is 1.83 bits per heavy atom. The van der Waals surface area contributed by atoms with E-state index in [1.807, 2.05) is 30.3 Å². The van der Waals surface area contributed by atoms with E-state index in [0.29, 0.717) is 39.3 Å². The van der Waals surface area contributed by atoms with Crippen LogP contribution in [0.4, 0.5) is 0 Å². The number of nitrogens with zero attached hydrogens (tertiary/aromatic N) is 1. The van der Waals surface area contributed by atoms with Crippen molar-refractivity contribution in [2.75, 3.05) is 32.8 Å². The number of morpholine rings is 1. The van der Waals surface area contributed by atoms with E-state index in [-0.39, 0.29) is 0 Å². The molecule has 0 aromatic heterocycles. The molecule has 5 nitrogen and oxygen atoms in total. The van der Waals surface area contributed by atoms with Crippen molar-refractivity contribution in [3.05, 3.63) is 35.9 Å². The third-order valence-corrected chi connectivity index (χ3v) is 4.46. The van der Waals surface area contributed by atoms with Gasteiger partial charge in [0, 0.05) is 19.6 Å². The molecule has 0 saturated carbocycles. The summed E-state index contributed by atoms with van der Waals surface area (Å²) < 4.78 is 33.1. The lowest BCUT2D eigenvalue weighted by Gasteiger charge is -2.26. The minimum absolute atomic E-state index is 0.420. The monoisotopic (exact) mass is 270 g/mol. The van der Waals surface area contributed by atoms with Crippen molar-refractivity contribution in [3.8, 4) is 0 Å². The maximum atomic E-state index is 11.9. The molecule has 0 amide bonds. The van der Waals surface area contributed by atoms with Gasteiger partial charge in [0.15, 0.2) is 0 Å². The Morgan fingerprint density at radius 1 is 1.17 bits per heavy atom. The van der Waals surface area contributed by atoms with Crippen molar-refractivity contribution in [2.24, 2.45) is 0 Å². The summed E-state index contributed by atoms with van der Waals surface area (Å²) in [7, 11) is -3.35. The first-order valence-corrected chi connectivity index (χ1v) is 7.49. The molecule has 1 N–H and O–H groups in total. The number of benzene rings is 1. The highest BCUT2D eigenvalue weighted by Gasteiger charge is 2.23. The Kier molecular flexibility index (Phi) is 4.71. The van der Waals surface area contributed by atoms with E-state index < -0.39 is 10.2 Å². The zero-order valence-corrected chi connectivity index (χ0v) is 11.0. The molecule has 1 aromatic carbocycles. The van der Waals surface area contributed by atoms with Crippen LogP contribution in [0.25, 0.3) is 0 Å². The highest BCUT2D eigenvalue weighted by molar-refractivity contribution is 7.87. The SMILES string of the molecule is O=S(=O)(NCCc1ccccc1)N1CCOCC1. The lowest BCUT2D eigenvalue weighted by Crippen LogP contribution is -2.47. The molecule has 6 heteroatoms. The molecule has 1 aromatic rings. The maximum absolute atomic E-state index is 11.9. The summed E-state index contributed by atoms with van der Waals surface area (Å²) in [5, 5.41) is 0. The Morgan fingerprint density at radius 3 is 2.50 bits per heavy atom. The van der Waals surface area contributed by atoms with E-state index >= 15 is 0 Å². The second-order valence-electron chi connectivity index (χ2n) is 4.15. The predicted molar refractivity (Wildman–Crippen MR) is 69.5 cm³/mol. The summed E-state index contributed by atoms with van der Waals surface area (Å²) in [5.41, 5.74) is 1.13. The summed E-state index contributed by atoms with van der Waals surface area (Å²) in [6.07, 6.45) is 0.699. The molecule has 1 heterocycles. The van der Waals surface area contributed by atoms with Crippen LogP contribution in [0.2, 0.25) is 0 Å². The quantitative estimate of drug-likeness (QED) is 0.842. The van der Waals surface area contributed by atoms with Gasteiger partial charge in [-0.2, -0.15) is 12.7 Å². The molecule has 1 saturated heterocycles. The Bertz CT molecular complexity index is 455. The third kappa shape index (κ3) is 3.78. The summed E-state index contributed by atoms with van der Waals surface area (Å²) >= 11 is 0. The minimum Gasteiger partial charge on any atom is -0.379 e. The van der Waals surface area contributed by atoms with E-state index in [1.54, 1.807) is 0 Å². The standard InChI is InChI=1S/C12H18N2O3S/c15-18(16,14-8-10-17-11-9-14)13-7-6-12-4-2-1-3-5-12/h1-5,13H,6-11H2. The number of nitrogens with one attached hydrogen (secondary N) is 1. The average Bonchev–Trinajstić information content (AvgIpc) is 2.41. The van der Waals surface area contributed by atoms with Crippen LogP contribution in [-0.4, -0.2) is 45.6 Å². The maximum Gasteiger partial charge on any atom is 0.279 e. The van der Waals surface area contributed by atoms with E-state index in [1.165, 1.54) is 4.31 Å². The Hall–Kier alpha value is -0.950. The molecule has 100 valence electrons. The second kappa shape index (κ2) is 6.29. The fraction of sp³-hybridized carbons (Fsp3) is 0.500. The van der Waals surface area contributed by atoms with E-state index in [4.69, 9.17) is 4.74 Å². The highest BCUT2D eigenvalue weighted by atomic mass is 32.2. The van der Waals surface area contributed by atoms with Gasteiger partial charge in [0.05, 0.1) is 13.2 Å². The number of rotatable bonds is 5. The zero-order valence-electron chi connectivity index (χ0n) is 10.2. The van der Waals surface area contributed by atoms with Crippen LogP contribution in [0.5, 0.6) is 0 Å². The summed E-state index contributed by atoms with van der Waals surface area (Å²) in [4.78, 5) is 0. The van der Waals surface area contributed by atoms with Gasteiger partial charge in [-0.25, -0.2) is 4.72 Å². The molecule has 1 aliphatic rings. The van der Waals surface area contributed by atoms with Gasteiger partial charge in [0.1, 0.15) is 0 Å². The molecule has 0 bridgehead atoms. The number of hydrogen-bond acceptors (Lipinski definition) is 3. The van der Waals surface area contributed by atoms with Gasteiger partial charge in [-0.15, -0.1) is 0 Å². The second-order valence-corrected chi connectivity index (χ2v) is 5.90. The molecular formula is C12H18N2O3S. The van der Waals surface area contributed by atoms with Crippen molar-refractivity contribution < 1.29 is 13.2 Å². The van der Waals surface area contributed by atoms with Crippen molar-refractivity contribution in [1.29, 1.82) is 0 Å². The van der Waals surface area contributed by atoms with Crippen LogP contribution in [0.1, 0.15) is 5.56 Å². The van der Waals surface area contributed by atoms with Crippen LogP contribution in [0, 0.1) is 0 Å². The minimum atomic E-state index is -3.35. The lowest BCUT2D eigenvalue weighted by atomic mass is 10.2. The first-order valence-electron chi connectivity index (χ1n) is 6.05. The van der Waals surface area contributed by atoms with Crippen molar-refractivity contribution >= 4 is 10.2 Å². The van der Waals surface area contributed by atoms with Crippen LogP contribution in [0.15, 0.2) is 30.3 Å². The average molecular weight is 270 g/mol. The molecule has 1 aliphatic heterocycles. The molecule has 18 heavy (non-hydrogen) atoms. The molecule has 0 spiro atoms. The smallest absolute Gasteiger partial charge is 0.279 e. The fourth-order valence-corrected chi connectivity index (χ4v) is 3.02. The largest absolute Gasteiger partial charge is 0.379 e. The van der Waals surface area contributed by atoms with Gasteiger partial charge in [0.2, 0.25) is 0 Å². The van der Waals surface area contributed by atoms with E-state index in [0.717, 1.165) is 5.56 Å². The van der Waals surface area contributed by atoms with Crippen molar-refractivity contribution in [3.63, 3.8) is 0 Å². The lowest BCUT2D eigenvalue weighted by molar-refractivity contribution is 0.0725. The third-order valence-electron chi connectivity index (χ3n) is 2.85. The molecule has 0 unspecified atom stereocenters. The topological polar surface area (TPSA) is 58.6 Å². The first kappa shape index (κ1) is 13.5. The van der Waals surface area contributed by atoms with Crippen LogP contribution >= 0.6 is 0 Å². The fourth-order valence-electron chi connectivity index (χ4n) is 1.85. The number of hydrogen-bond donors (Lipinski definition) is 1. The zero-order chi connectivity index (χ0) is 12.8. The molecule has 2 rings (SSSR count). The Labute approximate surface area is 108 Å². The molecule has 1 fully saturated rings. The summed E-state index contributed by atoms with van der Waals surface area (Å²) in [6, 6.07) is 9.82. The molecule has 0 radical (unpaired) electrons. The van der Waals surface area contributed by atoms with Crippen LogP contribution < -0.4 is 4.72 Å². The van der Waals surface area contributed by atoms with Gasteiger partial charge in [-0.1, -0.05) is 30.3 Å². The molecule has 0 atom stereocenters. The number of ether oxygens (including phenoxy) is 1. The van der Waals surface area contributed by atoms with Gasteiger partial charge in [-0.3, -0.25) is 0 Å². The predicted octanol–water partition coefficient (Wildman–Crippen LogP) is 0.396. The van der Waals surface area contributed by atoms with Crippen molar-refractivity contribution in [1.82, 2.24) is 9.03 Å².